The van der Waals surface area contributed by atoms with Crippen molar-refractivity contribution in [2.75, 3.05) is 48.6 Å². The minimum atomic E-state index is 0.245. The number of nitrogens with zero attached hydrogens (tertiary/aromatic N) is 1. The Hall–Kier alpha value is -2.66. The van der Waals surface area contributed by atoms with Gasteiger partial charge in [-0.3, -0.25) is 0 Å². The number of methoxy groups -OCH3 is 4. The predicted molar refractivity (Wildman–Crippen MR) is 141 cm³/mol. The lowest BCUT2D eigenvalue weighted by Crippen LogP contribution is -2.38. The molecule has 0 N–H and O–H groups in total. The topological polar surface area (TPSA) is 40.2 Å². The summed E-state index contributed by atoms with van der Waals surface area (Å²) in [6.45, 7) is 2.29. The van der Waals surface area contributed by atoms with E-state index < -0.39 is 0 Å². The highest BCUT2D eigenvalue weighted by molar-refractivity contribution is 5.44. The van der Waals surface area contributed by atoms with Crippen LogP contribution in [0.15, 0.2) is 47.5 Å². The van der Waals surface area contributed by atoms with E-state index in [0.717, 1.165) is 48.9 Å². The van der Waals surface area contributed by atoms with Gasteiger partial charge in [-0.05, 0) is 99.2 Å². The molecule has 0 unspecified atom stereocenters. The zero-order valence-corrected chi connectivity index (χ0v) is 22.1. The van der Waals surface area contributed by atoms with Gasteiger partial charge in [-0.15, -0.1) is 0 Å². The molecule has 0 bridgehead atoms. The molecular weight excluding hydrogens is 438 g/mol. The van der Waals surface area contributed by atoms with Crippen LogP contribution in [0.2, 0.25) is 0 Å². The number of likely N-dealkylation sites (N-methyl/N-ethyl adjacent to an activating group) is 1. The largest absolute Gasteiger partial charge is 0.493 e. The Bertz CT molecular complexity index is 985. The maximum atomic E-state index is 5.58. The molecule has 2 aromatic carbocycles. The van der Waals surface area contributed by atoms with Crippen molar-refractivity contribution in [2.24, 2.45) is 5.41 Å². The van der Waals surface area contributed by atoms with Gasteiger partial charge in [-0.25, -0.2) is 0 Å². The molecular formula is C30H41NO4. The fraction of sp³-hybridized carbons (Fsp3) is 0.533. The highest BCUT2D eigenvalue weighted by Crippen LogP contribution is 2.50. The normalized spacial score (nSPS) is 17.6. The summed E-state index contributed by atoms with van der Waals surface area (Å²) in [5, 5.41) is 0. The highest BCUT2D eigenvalue weighted by atomic mass is 16.5. The van der Waals surface area contributed by atoms with E-state index in [0.29, 0.717) is 0 Å². The average Bonchev–Trinajstić information content (AvgIpc) is 2.90. The number of aryl methyl sites for hydroxylation is 2. The molecule has 0 saturated carbocycles. The molecule has 5 heteroatoms. The number of ether oxygens (including phenoxy) is 4. The third-order valence-corrected chi connectivity index (χ3v) is 8.09. The minimum Gasteiger partial charge on any atom is -0.493 e. The Morgan fingerprint density at radius 1 is 0.743 bits per heavy atom. The molecule has 1 aliphatic heterocycles. The van der Waals surface area contributed by atoms with E-state index in [-0.39, 0.29) is 5.41 Å². The van der Waals surface area contributed by atoms with E-state index in [1.807, 2.05) is 12.1 Å². The van der Waals surface area contributed by atoms with Gasteiger partial charge in [-0.1, -0.05) is 23.3 Å². The van der Waals surface area contributed by atoms with E-state index in [4.69, 9.17) is 18.9 Å². The van der Waals surface area contributed by atoms with Crippen LogP contribution in [-0.4, -0.2) is 53.5 Å². The van der Waals surface area contributed by atoms with Gasteiger partial charge >= 0.3 is 0 Å². The average molecular weight is 480 g/mol. The van der Waals surface area contributed by atoms with Crippen molar-refractivity contribution in [3.63, 3.8) is 0 Å². The van der Waals surface area contributed by atoms with Crippen LogP contribution in [0.4, 0.5) is 0 Å². The molecule has 5 nitrogen and oxygen atoms in total. The molecule has 0 atom stereocenters. The van der Waals surface area contributed by atoms with Crippen LogP contribution in [0.3, 0.4) is 0 Å². The van der Waals surface area contributed by atoms with Gasteiger partial charge in [0.2, 0.25) is 0 Å². The number of hydrogen-bond acceptors (Lipinski definition) is 5. The summed E-state index contributed by atoms with van der Waals surface area (Å²) in [4.78, 5) is 2.48. The number of rotatable bonds is 10. The SMILES string of the molecule is COc1ccc(CCC2(CCc3ccc(OC)c(OC)c3)CCCC3=C2CCN(C)C3)cc1OC. The summed E-state index contributed by atoms with van der Waals surface area (Å²) >= 11 is 0. The molecule has 190 valence electrons. The first-order chi connectivity index (χ1) is 17.0. The fourth-order valence-electron chi connectivity index (χ4n) is 6.16. The van der Waals surface area contributed by atoms with Crippen LogP contribution in [-0.2, 0) is 12.8 Å². The number of hydrogen-bond donors (Lipinski definition) is 0. The Balaban J connectivity index is 1.60. The molecule has 1 aliphatic carbocycles. The molecule has 0 radical (unpaired) electrons. The second-order valence-electron chi connectivity index (χ2n) is 10.1. The van der Waals surface area contributed by atoms with Gasteiger partial charge in [-0.2, -0.15) is 0 Å². The van der Waals surface area contributed by atoms with E-state index >= 15 is 0 Å². The van der Waals surface area contributed by atoms with Gasteiger partial charge < -0.3 is 23.8 Å². The summed E-state index contributed by atoms with van der Waals surface area (Å²) in [5.74, 6) is 3.20. The highest BCUT2D eigenvalue weighted by Gasteiger charge is 2.39. The fourth-order valence-corrected chi connectivity index (χ4v) is 6.16. The lowest BCUT2D eigenvalue weighted by Gasteiger charge is -2.45. The third kappa shape index (κ3) is 5.61. The minimum absolute atomic E-state index is 0.245. The van der Waals surface area contributed by atoms with E-state index in [1.165, 1.54) is 49.7 Å². The molecule has 4 rings (SSSR count). The van der Waals surface area contributed by atoms with E-state index in [2.05, 4.69) is 36.2 Å². The van der Waals surface area contributed by atoms with Crippen LogP contribution < -0.4 is 18.9 Å². The smallest absolute Gasteiger partial charge is 0.160 e. The predicted octanol–water partition coefficient (Wildman–Crippen LogP) is 6.09. The van der Waals surface area contributed by atoms with Crippen LogP contribution in [0.5, 0.6) is 23.0 Å². The molecule has 1 heterocycles. The van der Waals surface area contributed by atoms with Crippen LogP contribution in [0, 0.1) is 5.41 Å². The van der Waals surface area contributed by atoms with Gasteiger partial charge in [0, 0.05) is 13.1 Å². The zero-order chi connectivity index (χ0) is 24.8. The Labute approximate surface area is 211 Å². The Morgan fingerprint density at radius 3 is 1.80 bits per heavy atom. The van der Waals surface area contributed by atoms with Crippen molar-refractivity contribution in [3.05, 3.63) is 58.7 Å². The summed E-state index contributed by atoms with van der Waals surface area (Å²) in [6.07, 6.45) is 9.42. The monoisotopic (exact) mass is 479 g/mol. The Morgan fingerprint density at radius 2 is 1.29 bits per heavy atom. The lowest BCUT2D eigenvalue weighted by molar-refractivity contribution is 0.212. The summed E-state index contributed by atoms with van der Waals surface area (Å²) < 4.78 is 22.1. The standard InChI is InChI=1S/C30H41NO4/c1-31-18-14-25-24(21-31)7-6-15-30(25,16-12-22-8-10-26(32-2)28(19-22)34-4)17-13-23-9-11-27(33-3)29(20-23)35-5/h8-11,19-20H,6-7,12-18,21H2,1-5H3. The van der Waals surface area contributed by atoms with Crippen LogP contribution in [0.25, 0.3) is 0 Å². The van der Waals surface area contributed by atoms with E-state index in [1.54, 1.807) is 39.6 Å². The van der Waals surface area contributed by atoms with Crippen molar-refractivity contribution >= 4 is 0 Å². The molecule has 0 fully saturated rings. The van der Waals surface area contributed by atoms with Crippen molar-refractivity contribution in [2.45, 2.75) is 51.4 Å². The molecule has 2 aromatic rings. The quantitative estimate of drug-likeness (QED) is 0.386. The second-order valence-corrected chi connectivity index (χ2v) is 10.1. The van der Waals surface area contributed by atoms with Crippen molar-refractivity contribution in [3.8, 4) is 23.0 Å². The molecule has 2 aliphatic rings. The summed E-state index contributed by atoms with van der Waals surface area (Å²) in [7, 11) is 9.06. The lowest BCUT2D eigenvalue weighted by atomic mass is 9.62. The van der Waals surface area contributed by atoms with Gasteiger partial charge in [0.15, 0.2) is 23.0 Å². The summed E-state index contributed by atoms with van der Waals surface area (Å²) in [5.41, 5.74) is 6.32. The van der Waals surface area contributed by atoms with E-state index in [9.17, 15) is 0 Å². The maximum Gasteiger partial charge on any atom is 0.160 e. The van der Waals surface area contributed by atoms with Crippen molar-refractivity contribution < 1.29 is 18.9 Å². The second kappa shape index (κ2) is 11.4. The van der Waals surface area contributed by atoms with Crippen molar-refractivity contribution in [1.82, 2.24) is 4.90 Å². The summed E-state index contributed by atoms with van der Waals surface area (Å²) in [6, 6.07) is 12.7. The molecule has 0 saturated heterocycles. The first-order valence-corrected chi connectivity index (χ1v) is 12.8. The number of benzene rings is 2. The third-order valence-electron chi connectivity index (χ3n) is 8.09. The molecule has 0 aromatic heterocycles. The Kier molecular flexibility index (Phi) is 8.27. The maximum absolute atomic E-state index is 5.58. The first kappa shape index (κ1) is 25.4. The van der Waals surface area contributed by atoms with Crippen LogP contribution >= 0.6 is 0 Å². The first-order valence-electron chi connectivity index (χ1n) is 12.8. The van der Waals surface area contributed by atoms with Crippen molar-refractivity contribution in [1.29, 1.82) is 0 Å². The van der Waals surface area contributed by atoms with Gasteiger partial charge in [0.05, 0.1) is 28.4 Å². The van der Waals surface area contributed by atoms with Crippen LogP contribution in [0.1, 0.15) is 49.7 Å². The molecule has 35 heavy (non-hydrogen) atoms. The zero-order valence-electron chi connectivity index (χ0n) is 22.1. The van der Waals surface area contributed by atoms with Gasteiger partial charge in [0.1, 0.15) is 0 Å². The molecule has 0 amide bonds. The van der Waals surface area contributed by atoms with Gasteiger partial charge in [0.25, 0.3) is 0 Å². The molecule has 0 spiro atoms.